The monoisotopic (exact) mass is 686 g/mol. The molecule has 0 aliphatic heterocycles. The molecule has 0 unspecified atom stereocenters. The van der Waals surface area contributed by atoms with Crippen molar-refractivity contribution in [1.82, 2.24) is 0 Å². The van der Waals surface area contributed by atoms with E-state index in [1.54, 1.807) is 0 Å². The second kappa shape index (κ2) is 11.2. The summed E-state index contributed by atoms with van der Waals surface area (Å²) in [6.45, 7) is 0. The third-order valence-electron chi connectivity index (χ3n) is 11.4. The summed E-state index contributed by atoms with van der Waals surface area (Å²) in [6.07, 6.45) is 0. The second-order valence-corrected chi connectivity index (χ2v) is 14.3. The Morgan fingerprint density at radius 1 is 0.241 bits per heavy atom. The van der Waals surface area contributed by atoms with Gasteiger partial charge in [0.1, 0.15) is 22.3 Å². The Balaban J connectivity index is 1.37. The zero-order valence-corrected chi connectivity index (χ0v) is 29.1. The lowest BCUT2D eigenvalue weighted by molar-refractivity contribution is 0.665. The molecule has 54 heavy (non-hydrogen) atoms. The summed E-state index contributed by atoms with van der Waals surface area (Å²) in [5.74, 6) is 0. The first-order valence-electron chi connectivity index (χ1n) is 18.5. The van der Waals surface area contributed by atoms with Gasteiger partial charge in [-0.05, 0) is 85.3 Å². The average molecular weight is 687 g/mol. The fourth-order valence-corrected chi connectivity index (χ4v) is 9.08. The Bertz CT molecular complexity index is 3460. The van der Waals surface area contributed by atoms with Crippen LogP contribution in [0.2, 0.25) is 0 Å². The van der Waals surface area contributed by atoms with Gasteiger partial charge in [-0.25, -0.2) is 0 Å². The van der Waals surface area contributed by atoms with Gasteiger partial charge in [0.15, 0.2) is 0 Å². The molecule has 12 rings (SSSR count). The van der Waals surface area contributed by atoms with Gasteiger partial charge in [0.05, 0.1) is 0 Å². The van der Waals surface area contributed by atoms with Gasteiger partial charge in [-0.1, -0.05) is 152 Å². The van der Waals surface area contributed by atoms with Crippen molar-refractivity contribution >= 4 is 87.0 Å². The number of hydrogen-bond donors (Lipinski definition) is 0. The molecular weight excluding hydrogens is 657 g/mol. The summed E-state index contributed by atoms with van der Waals surface area (Å²) >= 11 is 0. The van der Waals surface area contributed by atoms with Crippen LogP contribution in [0.15, 0.2) is 191 Å². The highest BCUT2D eigenvalue weighted by atomic mass is 16.3. The number of fused-ring (bicyclic) bond motifs is 10. The first kappa shape index (κ1) is 29.4. The Morgan fingerprint density at radius 2 is 0.685 bits per heavy atom. The Kier molecular flexibility index (Phi) is 6.09. The third kappa shape index (κ3) is 4.11. The molecule has 2 heteroatoms. The van der Waals surface area contributed by atoms with Crippen LogP contribution in [0.1, 0.15) is 0 Å². The van der Waals surface area contributed by atoms with E-state index in [-0.39, 0.29) is 0 Å². The quantitative estimate of drug-likeness (QED) is 0.137. The standard InChI is InChI=1S/C52H30O2/c1-4-15-31(16-5-1)34-27-42-48-44-30-41(33-19-8-3-9-20-33)35-21-10-12-23-37(35)51(44)53-45-26-14-25-39(49(45)48)47-43-29-40(32-17-6-2-7-18-32)36-22-11-13-24-38(36)52(43)54-46(28-34)50(42)47/h1-30H. The van der Waals surface area contributed by atoms with E-state index in [0.717, 1.165) is 76.5 Å². The van der Waals surface area contributed by atoms with E-state index >= 15 is 0 Å². The molecule has 0 saturated heterocycles. The molecule has 0 bridgehead atoms. The minimum Gasteiger partial charge on any atom is -0.455 e. The molecule has 0 atom stereocenters. The Labute approximate surface area is 310 Å². The largest absolute Gasteiger partial charge is 0.455 e. The first-order chi connectivity index (χ1) is 26.8. The highest BCUT2D eigenvalue weighted by Gasteiger charge is 2.24. The van der Waals surface area contributed by atoms with E-state index in [1.807, 2.05) is 0 Å². The zero-order valence-electron chi connectivity index (χ0n) is 29.1. The molecule has 0 saturated carbocycles. The molecule has 2 heterocycles. The lowest BCUT2D eigenvalue weighted by Gasteiger charge is -2.20. The van der Waals surface area contributed by atoms with Crippen LogP contribution in [0.3, 0.4) is 0 Å². The predicted molar refractivity (Wildman–Crippen MR) is 227 cm³/mol. The molecule has 250 valence electrons. The van der Waals surface area contributed by atoms with Gasteiger partial charge in [-0.3, -0.25) is 0 Å². The van der Waals surface area contributed by atoms with Crippen LogP contribution in [-0.2, 0) is 0 Å². The van der Waals surface area contributed by atoms with Crippen molar-refractivity contribution in [2.75, 3.05) is 0 Å². The van der Waals surface area contributed by atoms with E-state index in [1.165, 1.54) is 43.8 Å². The molecule has 0 N–H and O–H groups in total. The molecule has 0 aliphatic carbocycles. The molecule has 12 aromatic rings. The molecule has 0 fully saturated rings. The third-order valence-corrected chi connectivity index (χ3v) is 11.4. The Hall–Kier alpha value is -7.16. The lowest BCUT2D eigenvalue weighted by Crippen LogP contribution is -1.93. The predicted octanol–water partition coefficient (Wildman–Crippen LogP) is 15.1. The molecule has 0 amide bonds. The SMILES string of the molecule is c1ccc(-c2cc3oc4c5ccccc5c(-c5ccccc5)cc4c4c5cccc6oc7c8ccccc8c(-c8ccccc8)cc7c(c(c2)c34)c65)cc1. The summed E-state index contributed by atoms with van der Waals surface area (Å²) in [7, 11) is 0. The molecule has 2 aromatic heterocycles. The van der Waals surface area contributed by atoms with Gasteiger partial charge in [0.2, 0.25) is 0 Å². The van der Waals surface area contributed by atoms with Crippen LogP contribution in [-0.4, -0.2) is 0 Å². The van der Waals surface area contributed by atoms with Crippen LogP contribution in [0.4, 0.5) is 0 Å². The molecule has 2 nitrogen and oxygen atoms in total. The van der Waals surface area contributed by atoms with Crippen LogP contribution in [0.25, 0.3) is 120 Å². The first-order valence-corrected chi connectivity index (χ1v) is 18.5. The van der Waals surface area contributed by atoms with E-state index in [0.29, 0.717) is 0 Å². The van der Waals surface area contributed by atoms with Crippen molar-refractivity contribution in [2.24, 2.45) is 0 Å². The van der Waals surface area contributed by atoms with Crippen molar-refractivity contribution in [2.45, 2.75) is 0 Å². The van der Waals surface area contributed by atoms with Gasteiger partial charge in [0, 0.05) is 43.1 Å². The van der Waals surface area contributed by atoms with Gasteiger partial charge >= 0.3 is 0 Å². The van der Waals surface area contributed by atoms with E-state index in [2.05, 4.69) is 182 Å². The van der Waals surface area contributed by atoms with Crippen LogP contribution in [0, 0.1) is 0 Å². The number of benzene rings is 10. The minimum atomic E-state index is 0.868. The van der Waals surface area contributed by atoms with Crippen LogP contribution < -0.4 is 0 Å². The molecule has 0 aliphatic rings. The summed E-state index contributed by atoms with van der Waals surface area (Å²) in [4.78, 5) is 0. The molecule has 0 spiro atoms. The van der Waals surface area contributed by atoms with Gasteiger partial charge in [-0.15, -0.1) is 0 Å². The van der Waals surface area contributed by atoms with Gasteiger partial charge < -0.3 is 8.83 Å². The zero-order chi connectivity index (χ0) is 35.3. The smallest absolute Gasteiger partial charge is 0.143 e. The lowest BCUT2D eigenvalue weighted by atomic mass is 9.86. The maximum absolute atomic E-state index is 7.23. The molecular formula is C52H30O2. The summed E-state index contributed by atoms with van der Waals surface area (Å²) < 4.78 is 14.3. The van der Waals surface area contributed by atoms with Crippen LogP contribution >= 0.6 is 0 Å². The van der Waals surface area contributed by atoms with Crippen molar-refractivity contribution in [3.8, 4) is 33.4 Å². The summed E-state index contributed by atoms with van der Waals surface area (Å²) in [6, 6.07) is 65.2. The maximum Gasteiger partial charge on any atom is 0.143 e. The number of hydrogen-bond acceptors (Lipinski definition) is 2. The van der Waals surface area contributed by atoms with Gasteiger partial charge in [-0.2, -0.15) is 0 Å². The number of rotatable bonds is 3. The minimum absolute atomic E-state index is 0.868. The highest BCUT2D eigenvalue weighted by molar-refractivity contribution is 6.42. The fourth-order valence-electron chi connectivity index (χ4n) is 9.08. The highest BCUT2D eigenvalue weighted by Crippen LogP contribution is 2.50. The second-order valence-electron chi connectivity index (χ2n) is 14.3. The summed E-state index contributed by atoms with van der Waals surface area (Å²) in [5, 5.41) is 13.6. The van der Waals surface area contributed by atoms with Crippen LogP contribution in [0.5, 0.6) is 0 Å². The van der Waals surface area contributed by atoms with Crippen molar-refractivity contribution < 1.29 is 8.83 Å². The average Bonchev–Trinajstić information content (AvgIpc) is 3.25. The Morgan fingerprint density at radius 3 is 1.26 bits per heavy atom. The van der Waals surface area contributed by atoms with Crippen molar-refractivity contribution in [3.05, 3.63) is 182 Å². The molecule has 10 aromatic carbocycles. The van der Waals surface area contributed by atoms with E-state index in [9.17, 15) is 0 Å². The van der Waals surface area contributed by atoms with Crippen molar-refractivity contribution in [1.29, 1.82) is 0 Å². The normalized spacial score (nSPS) is 12.1. The topological polar surface area (TPSA) is 26.3 Å². The van der Waals surface area contributed by atoms with Gasteiger partial charge in [0.25, 0.3) is 0 Å². The van der Waals surface area contributed by atoms with E-state index < -0.39 is 0 Å². The van der Waals surface area contributed by atoms with Crippen molar-refractivity contribution in [3.63, 3.8) is 0 Å². The fraction of sp³-hybridized carbons (Fsp3) is 0. The maximum atomic E-state index is 7.23. The van der Waals surface area contributed by atoms with E-state index in [4.69, 9.17) is 8.83 Å². The summed E-state index contributed by atoms with van der Waals surface area (Å²) in [5.41, 5.74) is 10.5. The molecule has 0 radical (unpaired) electrons.